The maximum Gasteiger partial charge on any atom is 0.117 e. The number of fused-ring (bicyclic) bond motifs is 3. The van der Waals surface area contributed by atoms with Gasteiger partial charge in [-0.25, -0.2) is 0 Å². The van der Waals surface area contributed by atoms with E-state index in [0.717, 1.165) is 12.8 Å². The lowest BCUT2D eigenvalue weighted by Gasteiger charge is -2.48. The van der Waals surface area contributed by atoms with E-state index in [0.29, 0.717) is 6.42 Å². The van der Waals surface area contributed by atoms with E-state index in [1.165, 1.54) is 5.57 Å². The number of hydrogen-bond donors (Lipinski definition) is 2. The van der Waals surface area contributed by atoms with Gasteiger partial charge in [-0.2, -0.15) is 0 Å². The van der Waals surface area contributed by atoms with Crippen molar-refractivity contribution in [2.24, 2.45) is 10.8 Å². The molecule has 3 rings (SSSR count). The molecule has 1 heterocycles. The van der Waals surface area contributed by atoms with Crippen molar-refractivity contribution in [3.8, 4) is 0 Å². The monoisotopic (exact) mass is 286 g/mol. The Kier molecular flexibility index (Phi) is 2.90. The molecule has 0 spiro atoms. The van der Waals surface area contributed by atoms with E-state index in [4.69, 9.17) is 16.3 Å². The molecule has 0 radical (unpaired) electrons. The van der Waals surface area contributed by atoms with E-state index in [1.54, 1.807) is 0 Å². The van der Waals surface area contributed by atoms with Crippen molar-refractivity contribution in [3.05, 3.63) is 11.6 Å². The van der Waals surface area contributed by atoms with Gasteiger partial charge in [0.2, 0.25) is 0 Å². The molecule has 0 aromatic heterocycles. The molecule has 2 aliphatic carbocycles. The second-order valence-corrected chi connectivity index (χ2v) is 7.46. The van der Waals surface area contributed by atoms with Crippen LogP contribution >= 0.6 is 11.6 Å². The molecule has 0 amide bonds. The molecule has 1 saturated heterocycles. The van der Waals surface area contributed by atoms with Gasteiger partial charge < -0.3 is 14.9 Å². The summed E-state index contributed by atoms with van der Waals surface area (Å²) in [7, 11) is 0. The predicted octanol–water partition coefficient (Wildman–Crippen LogP) is 2.24. The van der Waals surface area contributed by atoms with Crippen LogP contribution in [0.3, 0.4) is 0 Å². The van der Waals surface area contributed by atoms with E-state index in [-0.39, 0.29) is 23.5 Å². The van der Waals surface area contributed by atoms with Crippen LogP contribution in [-0.2, 0) is 4.74 Å². The first kappa shape index (κ1) is 13.9. The summed E-state index contributed by atoms with van der Waals surface area (Å²) in [5.74, 6) is 0. The Bertz CT molecular complexity index is 437. The van der Waals surface area contributed by atoms with E-state index < -0.39 is 17.1 Å². The zero-order valence-corrected chi connectivity index (χ0v) is 12.6. The summed E-state index contributed by atoms with van der Waals surface area (Å²) < 4.78 is 6.27. The van der Waals surface area contributed by atoms with Crippen molar-refractivity contribution >= 4 is 11.6 Å². The van der Waals surface area contributed by atoms with Crippen LogP contribution in [-0.4, -0.2) is 40.0 Å². The van der Waals surface area contributed by atoms with Crippen LogP contribution in [0.15, 0.2) is 11.6 Å². The number of alkyl halides is 1. The number of halogens is 1. The van der Waals surface area contributed by atoms with Crippen LogP contribution in [0.5, 0.6) is 0 Å². The van der Waals surface area contributed by atoms with Gasteiger partial charge in [-0.3, -0.25) is 0 Å². The third-order valence-corrected chi connectivity index (χ3v) is 6.87. The first-order chi connectivity index (χ1) is 8.82. The molecule has 1 aliphatic heterocycles. The zero-order valence-electron chi connectivity index (χ0n) is 11.8. The lowest BCUT2D eigenvalue weighted by Crippen LogP contribution is -2.56. The van der Waals surface area contributed by atoms with Crippen molar-refractivity contribution in [1.82, 2.24) is 0 Å². The van der Waals surface area contributed by atoms with Crippen LogP contribution in [0.25, 0.3) is 0 Å². The fraction of sp³-hybridized carbons (Fsp3) is 0.867. The van der Waals surface area contributed by atoms with Crippen molar-refractivity contribution < 1.29 is 14.9 Å². The molecular formula is C15H23ClO3. The molecule has 0 unspecified atom stereocenters. The summed E-state index contributed by atoms with van der Waals surface area (Å²) in [5.41, 5.74) is -0.171. The maximum atomic E-state index is 10.6. The summed E-state index contributed by atoms with van der Waals surface area (Å²) in [6.07, 6.45) is 4.05. The number of rotatable bonds is 1. The van der Waals surface area contributed by atoms with Gasteiger partial charge in [0.25, 0.3) is 0 Å². The molecular weight excluding hydrogens is 264 g/mol. The highest BCUT2D eigenvalue weighted by atomic mass is 35.5. The van der Waals surface area contributed by atoms with E-state index in [2.05, 4.69) is 19.9 Å². The molecule has 3 nitrogen and oxygen atoms in total. The second kappa shape index (κ2) is 3.97. The van der Waals surface area contributed by atoms with Gasteiger partial charge >= 0.3 is 0 Å². The number of aliphatic hydroxyl groups is 2. The van der Waals surface area contributed by atoms with Crippen molar-refractivity contribution in [2.45, 2.75) is 63.2 Å². The topological polar surface area (TPSA) is 49.7 Å². The second-order valence-electron chi connectivity index (χ2n) is 6.94. The molecule has 0 aromatic rings. The highest BCUT2D eigenvalue weighted by Crippen LogP contribution is 2.69. The van der Waals surface area contributed by atoms with Gasteiger partial charge in [-0.1, -0.05) is 25.5 Å². The van der Waals surface area contributed by atoms with Gasteiger partial charge in [0.15, 0.2) is 0 Å². The fourth-order valence-corrected chi connectivity index (χ4v) is 5.18. The van der Waals surface area contributed by atoms with Gasteiger partial charge in [0.05, 0.1) is 24.2 Å². The van der Waals surface area contributed by atoms with Crippen LogP contribution in [0.4, 0.5) is 0 Å². The van der Waals surface area contributed by atoms with Gasteiger partial charge in [-0.15, -0.1) is 11.6 Å². The number of aliphatic hydroxyl groups excluding tert-OH is 2. The quantitative estimate of drug-likeness (QED) is 0.574. The minimum absolute atomic E-state index is 0.0606. The van der Waals surface area contributed by atoms with Gasteiger partial charge in [-0.05, 0) is 26.2 Å². The molecule has 108 valence electrons. The molecule has 0 aromatic carbocycles. The van der Waals surface area contributed by atoms with E-state index in [1.807, 2.05) is 6.92 Å². The minimum atomic E-state index is -0.825. The average molecular weight is 287 g/mol. The lowest BCUT2D eigenvalue weighted by atomic mass is 9.54. The predicted molar refractivity (Wildman–Crippen MR) is 74.2 cm³/mol. The van der Waals surface area contributed by atoms with E-state index in [9.17, 15) is 10.2 Å². The zero-order chi connectivity index (χ0) is 14.1. The molecule has 1 saturated carbocycles. The van der Waals surface area contributed by atoms with Gasteiger partial charge in [0, 0.05) is 10.8 Å². The Labute approximate surface area is 119 Å². The summed E-state index contributed by atoms with van der Waals surface area (Å²) in [4.78, 5) is 0. The largest absolute Gasteiger partial charge is 0.393 e. The maximum absolute atomic E-state index is 10.6. The summed E-state index contributed by atoms with van der Waals surface area (Å²) in [6.45, 7) is 6.20. The van der Waals surface area contributed by atoms with E-state index >= 15 is 0 Å². The van der Waals surface area contributed by atoms with Crippen molar-refractivity contribution in [3.63, 3.8) is 0 Å². The highest BCUT2D eigenvalue weighted by molar-refractivity contribution is 6.21. The lowest BCUT2D eigenvalue weighted by molar-refractivity contribution is -0.110. The fourth-order valence-electron chi connectivity index (χ4n) is 4.66. The number of hydrogen-bond acceptors (Lipinski definition) is 3. The van der Waals surface area contributed by atoms with Crippen molar-refractivity contribution in [1.29, 1.82) is 0 Å². The highest BCUT2D eigenvalue weighted by Gasteiger charge is 2.76. The Hall–Kier alpha value is -0.0900. The standard InChI is InChI=1S/C15H23ClO3/c1-9-4-5-13(2)12(6-9)19-15(8-17)10(16)7-11(18)14(13,15)3/h6,10-12,17-18H,4-5,7-8H2,1-3H3/t10-,11+,12+,13-,14+,15+/m0/s1. The normalized spacial score (nSPS) is 56.7. The van der Waals surface area contributed by atoms with Crippen LogP contribution in [0.2, 0.25) is 0 Å². The van der Waals surface area contributed by atoms with Gasteiger partial charge in [0.1, 0.15) is 5.60 Å². The Morgan fingerprint density at radius 1 is 1.47 bits per heavy atom. The van der Waals surface area contributed by atoms with Crippen molar-refractivity contribution in [2.75, 3.05) is 6.61 Å². The molecule has 19 heavy (non-hydrogen) atoms. The van der Waals surface area contributed by atoms with Crippen LogP contribution in [0.1, 0.15) is 40.0 Å². The van der Waals surface area contributed by atoms with Crippen LogP contribution < -0.4 is 0 Å². The third kappa shape index (κ3) is 1.35. The Morgan fingerprint density at radius 2 is 2.16 bits per heavy atom. The minimum Gasteiger partial charge on any atom is -0.393 e. The summed E-state index contributed by atoms with van der Waals surface area (Å²) in [6, 6.07) is 0. The average Bonchev–Trinajstić information content (AvgIpc) is 2.68. The molecule has 4 heteroatoms. The summed E-state index contributed by atoms with van der Waals surface area (Å²) in [5, 5.41) is 20.2. The summed E-state index contributed by atoms with van der Waals surface area (Å²) >= 11 is 6.45. The molecule has 0 bridgehead atoms. The molecule has 2 N–H and O–H groups in total. The molecule has 6 atom stereocenters. The number of ether oxygens (including phenoxy) is 1. The number of allylic oxidation sites excluding steroid dienone is 1. The first-order valence-corrected chi connectivity index (χ1v) is 7.53. The first-order valence-electron chi connectivity index (χ1n) is 7.10. The Balaban J connectivity index is 2.16. The smallest absolute Gasteiger partial charge is 0.117 e. The third-order valence-electron chi connectivity index (χ3n) is 6.34. The molecule has 2 fully saturated rings. The SMILES string of the molecule is CC1=C[C@H]2O[C@]3(CO)[C@@H](Cl)C[C@@H](O)[C@]3(C)[C@@]2(C)CC1. The Morgan fingerprint density at radius 3 is 2.79 bits per heavy atom. The molecule has 3 aliphatic rings. The van der Waals surface area contributed by atoms with Crippen LogP contribution in [0, 0.1) is 10.8 Å².